The van der Waals surface area contributed by atoms with Gasteiger partial charge < -0.3 is 0 Å². The van der Waals surface area contributed by atoms with Crippen LogP contribution in [-0.4, -0.2) is 39.9 Å². The third-order valence-corrected chi connectivity index (χ3v) is 6.67. The average molecular weight is 376 g/mol. The second-order valence-corrected chi connectivity index (χ2v) is 8.26. The lowest BCUT2D eigenvalue weighted by atomic mass is 10.2. The lowest BCUT2D eigenvalue weighted by molar-refractivity contribution is 0.449. The molecule has 0 radical (unpaired) electrons. The van der Waals surface area contributed by atoms with Crippen LogP contribution in [0.5, 0.6) is 0 Å². The fourth-order valence-corrected chi connectivity index (χ4v) is 4.91. The van der Waals surface area contributed by atoms with Gasteiger partial charge in [-0.3, -0.25) is 9.13 Å². The topological polar surface area (TPSA) is 77.2 Å². The normalized spacial score (nSPS) is 18.6. The molecule has 1 aromatic carbocycles. The highest BCUT2D eigenvalue weighted by atomic mass is 32.2. The van der Waals surface area contributed by atoms with Crippen LogP contribution in [0.15, 0.2) is 52.3 Å². The summed E-state index contributed by atoms with van der Waals surface area (Å²) < 4.78 is 43.0. The molecule has 0 bridgehead atoms. The van der Waals surface area contributed by atoms with E-state index in [-0.39, 0.29) is 23.2 Å². The Hall–Kier alpha value is -2.52. The Kier molecular flexibility index (Phi) is 3.92. The van der Waals surface area contributed by atoms with Crippen molar-refractivity contribution in [2.24, 2.45) is 7.05 Å². The Labute approximate surface area is 149 Å². The van der Waals surface area contributed by atoms with Crippen molar-refractivity contribution in [1.29, 1.82) is 0 Å². The lowest BCUT2D eigenvalue weighted by Crippen LogP contribution is -2.31. The number of aryl methyl sites for hydroxylation is 1. The summed E-state index contributed by atoms with van der Waals surface area (Å²) in [6, 6.07) is 8.03. The van der Waals surface area contributed by atoms with Gasteiger partial charge in [0.2, 0.25) is 10.0 Å². The number of sulfonamides is 1. The minimum atomic E-state index is -3.73. The molecule has 0 unspecified atom stereocenters. The zero-order valence-electron chi connectivity index (χ0n) is 14.0. The molecule has 1 fully saturated rings. The fraction of sp³-hybridized carbons (Fsp3) is 0.294. The summed E-state index contributed by atoms with van der Waals surface area (Å²) in [4.78, 5) is 17.0. The van der Waals surface area contributed by atoms with Crippen molar-refractivity contribution in [3.63, 3.8) is 0 Å². The van der Waals surface area contributed by atoms with Crippen molar-refractivity contribution < 1.29 is 12.8 Å². The molecule has 3 aromatic rings. The summed E-state index contributed by atoms with van der Waals surface area (Å²) in [5.41, 5.74) is 1.04. The summed E-state index contributed by atoms with van der Waals surface area (Å²) in [7, 11) is -2.06. The van der Waals surface area contributed by atoms with Gasteiger partial charge in [0.15, 0.2) is 5.65 Å². The first-order valence-electron chi connectivity index (χ1n) is 8.17. The van der Waals surface area contributed by atoms with Crippen molar-refractivity contribution >= 4 is 21.2 Å². The number of aromatic nitrogens is 3. The van der Waals surface area contributed by atoms with Crippen LogP contribution in [0.2, 0.25) is 0 Å². The first-order chi connectivity index (χ1) is 12.4. The van der Waals surface area contributed by atoms with Gasteiger partial charge in [-0.15, -0.1) is 0 Å². The van der Waals surface area contributed by atoms with Crippen LogP contribution >= 0.6 is 0 Å². The van der Waals surface area contributed by atoms with Crippen LogP contribution in [0.4, 0.5) is 4.39 Å². The van der Waals surface area contributed by atoms with Crippen LogP contribution in [0.1, 0.15) is 12.5 Å². The van der Waals surface area contributed by atoms with Crippen molar-refractivity contribution in [2.45, 2.75) is 17.4 Å². The number of nitrogens with zero attached hydrogens (tertiary/aromatic N) is 4. The summed E-state index contributed by atoms with van der Waals surface area (Å²) in [5, 5.41) is 0. The molecular weight excluding hydrogens is 359 g/mol. The first kappa shape index (κ1) is 16.9. The van der Waals surface area contributed by atoms with Crippen molar-refractivity contribution in [3.8, 4) is 0 Å². The third kappa shape index (κ3) is 2.55. The number of rotatable bonds is 3. The number of hydrogen-bond acceptors (Lipinski definition) is 4. The van der Waals surface area contributed by atoms with Gasteiger partial charge in [-0.1, -0.05) is 0 Å². The molecular formula is C17H17FN4O3S. The zero-order chi connectivity index (χ0) is 18.5. The zero-order valence-corrected chi connectivity index (χ0v) is 14.9. The quantitative estimate of drug-likeness (QED) is 0.694. The third-order valence-electron chi connectivity index (χ3n) is 4.79. The van der Waals surface area contributed by atoms with Gasteiger partial charge in [-0.2, -0.15) is 4.31 Å². The monoisotopic (exact) mass is 376 g/mol. The standard InChI is InChI=1S/C17H17FN4O3S/c1-20-15-3-2-9-19-16(15)22(17(20)23)13-8-10-21(11-13)26(24,25)14-6-4-12(18)5-7-14/h2-7,9,13H,8,10-11H2,1H3/t13-/m0/s1. The van der Waals surface area contributed by atoms with E-state index in [4.69, 9.17) is 0 Å². The Morgan fingerprint density at radius 2 is 1.92 bits per heavy atom. The molecule has 1 saturated heterocycles. The van der Waals surface area contributed by atoms with Crippen molar-refractivity contribution in [1.82, 2.24) is 18.4 Å². The summed E-state index contributed by atoms with van der Waals surface area (Å²) >= 11 is 0. The van der Waals surface area contributed by atoms with Crippen molar-refractivity contribution in [2.75, 3.05) is 13.1 Å². The molecule has 9 heteroatoms. The number of halogens is 1. The van der Waals surface area contributed by atoms with Gasteiger partial charge in [0.05, 0.1) is 16.5 Å². The molecule has 0 spiro atoms. The molecule has 1 aliphatic heterocycles. The minimum absolute atomic E-state index is 0.0444. The molecule has 1 atom stereocenters. The van der Waals surface area contributed by atoms with Gasteiger partial charge in [0.25, 0.3) is 0 Å². The molecule has 0 aliphatic carbocycles. The predicted octanol–water partition coefficient (Wildman–Crippen LogP) is 1.51. The van der Waals surface area contributed by atoms with E-state index >= 15 is 0 Å². The van der Waals surface area contributed by atoms with E-state index in [1.54, 1.807) is 23.9 Å². The molecule has 136 valence electrons. The van der Waals surface area contributed by atoms with E-state index in [9.17, 15) is 17.6 Å². The molecule has 0 saturated carbocycles. The smallest absolute Gasteiger partial charge is 0.293 e. The summed E-state index contributed by atoms with van der Waals surface area (Å²) in [6.07, 6.45) is 2.12. The van der Waals surface area contributed by atoms with E-state index in [2.05, 4.69) is 4.98 Å². The fourth-order valence-electron chi connectivity index (χ4n) is 3.42. The maximum atomic E-state index is 13.1. The van der Waals surface area contributed by atoms with Crippen LogP contribution < -0.4 is 5.69 Å². The van der Waals surface area contributed by atoms with Crippen LogP contribution in [0.3, 0.4) is 0 Å². The molecule has 0 N–H and O–H groups in total. The molecule has 2 aromatic heterocycles. The van der Waals surface area contributed by atoms with Crippen LogP contribution in [0.25, 0.3) is 11.2 Å². The summed E-state index contributed by atoms with van der Waals surface area (Å²) in [5.74, 6) is -0.489. The highest BCUT2D eigenvalue weighted by Gasteiger charge is 2.35. The highest BCUT2D eigenvalue weighted by Crippen LogP contribution is 2.28. The van der Waals surface area contributed by atoms with Crippen LogP contribution in [0, 0.1) is 5.82 Å². The van der Waals surface area contributed by atoms with Crippen LogP contribution in [-0.2, 0) is 17.1 Å². The Bertz CT molecular complexity index is 1140. The van der Waals surface area contributed by atoms with E-state index in [1.807, 2.05) is 6.07 Å². The van der Waals surface area contributed by atoms with E-state index < -0.39 is 15.8 Å². The largest absolute Gasteiger partial charge is 0.330 e. The molecule has 1 aliphatic rings. The molecule has 26 heavy (non-hydrogen) atoms. The van der Waals surface area contributed by atoms with Gasteiger partial charge in [-0.25, -0.2) is 22.6 Å². The number of benzene rings is 1. The summed E-state index contributed by atoms with van der Waals surface area (Å²) in [6.45, 7) is 0.468. The highest BCUT2D eigenvalue weighted by molar-refractivity contribution is 7.89. The predicted molar refractivity (Wildman–Crippen MR) is 93.8 cm³/mol. The Morgan fingerprint density at radius 1 is 1.19 bits per heavy atom. The number of hydrogen-bond donors (Lipinski definition) is 0. The van der Waals surface area contributed by atoms with Gasteiger partial charge in [-0.05, 0) is 42.8 Å². The first-order valence-corrected chi connectivity index (χ1v) is 9.61. The second-order valence-electron chi connectivity index (χ2n) is 6.32. The maximum absolute atomic E-state index is 13.1. The van der Waals surface area contributed by atoms with Gasteiger partial charge in [0.1, 0.15) is 5.82 Å². The average Bonchev–Trinajstić information content (AvgIpc) is 3.20. The Balaban J connectivity index is 1.69. The molecule has 4 rings (SSSR count). The molecule has 0 amide bonds. The van der Waals surface area contributed by atoms with E-state index in [0.29, 0.717) is 24.1 Å². The minimum Gasteiger partial charge on any atom is -0.293 e. The van der Waals surface area contributed by atoms with Gasteiger partial charge in [0, 0.05) is 26.3 Å². The Morgan fingerprint density at radius 3 is 2.65 bits per heavy atom. The van der Waals surface area contributed by atoms with Crippen molar-refractivity contribution in [3.05, 3.63) is 58.9 Å². The maximum Gasteiger partial charge on any atom is 0.330 e. The van der Waals surface area contributed by atoms with Gasteiger partial charge >= 0.3 is 5.69 Å². The molecule has 3 heterocycles. The SMILES string of the molecule is Cn1c(=O)n([C@H]2CCN(S(=O)(=O)c3ccc(F)cc3)C2)c2ncccc21. The molecule has 7 nitrogen and oxygen atoms in total. The number of pyridine rings is 1. The van der Waals surface area contributed by atoms with E-state index in [1.165, 1.54) is 21.0 Å². The lowest BCUT2D eigenvalue weighted by Gasteiger charge is -2.17. The second kappa shape index (κ2) is 6.03. The number of imidazole rings is 1. The number of fused-ring (bicyclic) bond motifs is 1. The van der Waals surface area contributed by atoms with E-state index in [0.717, 1.165) is 12.1 Å².